The molecular formula is C28H29N5O2S2. The highest BCUT2D eigenvalue weighted by Gasteiger charge is 2.22. The first-order valence-corrected chi connectivity index (χ1v) is 14.2. The third kappa shape index (κ3) is 5.62. The van der Waals surface area contributed by atoms with Crippen molar-refractivity contribution >= 4 is 51.1 Å². The quantitative estimate of drug-likeness (QED) is 0.119. The molecule has 1 amide bonds. The van der Waals surface area contributed by atoms with Gasteiger partial charge in [-0.25, -0.2) is 10.4 Å². The molecule has 0 aliphatic heterocycles. The average molecular weight is 532 g/mol. The van der Waals surface area contributed by atoms with Gasteiger partial charge in [0.1, 0.15) is 4.83 Å². The van der Waals surface area contributed by atoms with Crippen LogP contribution in [0.5, 0.6) is 0 Å². The first-order chi connectivity index (χ1) is 18.0. The number of aromatic nitrogens is 2. The number of fused-ring (bicyclic) bond motifs is 3. The molecule has 0 unspecified atom stereocenters. The Hall–Kier alpha value is -3.43. The van der Waals surface area contributed by atoms with Crippen molar-refractivity contribution in [3.8, 4) is 5.69 Å². The van der Waals surface area contributed by atoms with Gasteiger partial charge in [-0.3, -0.25) is 14.2 Å². The second kappa shape index (κ2) is 11.3. The van der Waals surface area contributed by atoms with E-state index in [1.165, 1.54) is 28.6 Å². The van der Waals surface area contributed by atoms with Gasteiger partial charge in [0.05, 0.1) is 23.0 Å². The van der Waals surface area contributed by atoms with E-state index in [1.54, 1.807) is 22.1 Å². The Morgan fingerprint density at radius 3 is 2.62 bits per heavy atom. The van der Waals surface area contributed by atoms with E-state index in [2.05, 4.69) is 10.5 Å². The van der Waals surface area contributed by atoms with E-state index in [9.17, 15) is 9.59 Å². The fraction of sp³-hybridized carbons (Fsp3) is 0.286. The third-order valence-corrected chi connectivity index (χ3v) is 8.49. The van der Waals surface area contributed by atoms with Crippen LogP contribution in [0, 0.1) is 0 Å². The number of amides is 1. The Kier molecular flexibility index (Phi) is 7.71. The molecule has 0 bridgehead atoms. The summed E-state index contributed by atoms with van der Waals surface area (Å²) in [6.07, 6.45) is 6.98. The zero-order valence-corrected chi connectivity index (χ0v) is 22.6. The number of thiophene rings is 1. The summed E-state index contributed by atoms with van der Waals surface area (Å²) in [7, 11) is 3.97. The van der Waals surface area contributed by atoms with Crippen molar-refractivity contribution in [2.45, 2.75) is 37.3 Å². The second-order valence-corrected chi connectivity index (χ2v) is 11.2. The molecule has 4 aromatic rings. The first kappa shape index (κ1) is 25.2. The molecule has 1 aliphatic rings. The predicted molar refractivity (Wildman–Crippen MR) is 154 cm³/mol. The third-order valence-electron chi connectivity index (χ3n) is 6.37. The molecule has 1 N–H and O–H groups in total. The molecule has 190 valence electrons. The second-order valence-electron chi connectivity index (χ2n) is 9.18. The van der Waals surface area contributed by atoms with Crippen LogP contribution in [-0.2, 0) is 17.6 Å². The normalized spacial score (nSPS) is 13.5. The van der Waals surface area contributed by atoms with Gasteiger partial charge in [0.2, 0.25) is 0 Å². The molecule has 2 heterocycles. The summed E-state index contributed by atoms with van der Waals surface area (Å²) < 4.78 is 1.65. The highest BCUT2D eigenvalue weighted by Crippen LogP contribution is 2.34. The number of thioether (sulfide) groups is 1. The van der Waals surface area contributed by atoms with E-state index < -0.39 is 0 Å². The Labute approximate surface area is 224 Å². The van der Waals surface area contributed by atoms with E-state index in [1.807, 2.05) is 73.6 Å². The summed E-state index contributed by atoms with van der Waals surface area (Å²) in [5, 5.41) is 5.34. The zero-order valence-electron chi connectivity index (χ0n) is 20.9. The fourth-order valence-electron chi connectivity index (χ4n) is 4.46. The van der Waals surface area contributed by atoms with Crippen LogP contribution in [0.3, 0.4) is 0 Å². The smallest absolute Gasteiger partial charge is 0.267 e. The van der Waals surface area contributed by atoms with Crippen LogP contribution in [0.15, 0.2) is 69.6 Å². The number of carbonyl (C=O) groups is 1. The average Bonchev–Trinajstić information content (AvgIpc) is 3.09. The summed E-state index contributed by atoms with van der Waals surface area (Å²) in [6.45, 7) is 0. The number of carbonyl (C=O) groups excluding carboxylic acids is 1. The maximum absolute atomic E-state index is 13.8. The van der Waals surface area contributed by atoms with Crippen molar-refractivity contribution in [3.05, 3.63) is 81.0 Å². The van der Waals surface area contributed by atoms with Gasteiger partial charge >= 0.3 is 0 Å². The summed E-state index contributed by atoms with van der Waals surface area (Å²) in [5.74, 6) is -0.172. The maximum atomic E-state index is 13.8. The van der Waals surface area contributed by atoms with Crippen LogP contribution >= 0.6 is 23.1 Å². The highest BCUT2D eigenvalue weighted by atomic mass is 32.2. The lowest BCUT2D eigenvalue weighted by molar-refractivity contribution is -0.118. The van der Waals surface area contributed by atoms with Crippen LogP contribution in [0.25, 0.3) is 15.9 Å². The molecule has 0 spiro atoms. The van der Waals surface area contributed by atoms with Gasteiger partial charge in [-0.1, -0.05) is 48.5 Å². The van der Waals surface area contributed by atoms with Crippen LogP contribution < -0.4 is 15.9 Å². The molecule has 5 rings (SSSR count). The number of hydrogen-bond donors (Lipinski definition) is 1. The van der Waals surface area contributed by atoms with Crippen LogP contribution in [0.4, 0.5) is 5.69 Å². The minimum atomic E-state index is -0.262. The summed E-state index contributed by atoms with van der Waals surface area (Å²) in [5.41, 5.74) is 6.42. The first-order valence-electron chi connectivity index (χ1n) is 12.4. The molecule has 2 aromatic heterocycles. The van der Waals surface area contributed by atoms with Crippen LogP contribution in [0.2, 0.25) is 0 Å². The molecule has 2 aromatic carbocycles. The predicted octanol–water partition coefficient (Wildman–Crippen LogP) is 5.02. The molecule has 0 fully saturated rings. The number of aryl methyl sites for hydroxylation is 2. The van der Waals surface area contributed by atoms with E-state index in [-0.39, 0.29) is 17.2 Å². The van der Waals surface area contributed by atoms with E-state index in [4.69, 9.17) is 4.98 Å². The summed E-state index contributed by atoms with van der Waals surface area (Å²) in [6, 6.07) is 17.4. The number of hydrogen-bond acceptors (Lipinski definition) is 7. The molecule has 9 heteroatoms. The van der Waals surface area contributed by atoms with Gasteiger partial charge in [0.15, 0.2) is 5.16 Å². The zero-order chi connectivity index (χ0) is 25.8. The Morgan fingerprint density at radius 1 is 1.11 bits per heavy atom. The van der Waals surface area contributed by atoms with Crippen molar-refractivity contribution in [1.29, 1.82) is 0 Å². The highest BCUT2D eigenvalue weighted by molar-refractivity contribution is 7.99. The maximum Gasteiger partial charge on any atom is 0.267 e. The summed E-state index contributed by atoms with van der Waals surface area (Å²) in [4.78, 5) is 35.4. The Morgan fingerprint density at radius 2 is 1.86 bits per heavy atom. The molecule has 37 heavy (non-hydrogen) atoms. The SMILES string of the molecule is CN(C)c1ccc(/C=N/NC(=O)CSc2nc3sc4c(c3c(=O)n2-c2ccccc2)CCCCC4)cc1. The molecule has 0 radical (unpaired) electrons. The molecular weight excluding hydrogens is 502 g/mol. The number of rotatable bonds is 7. The van der Waals surface area contributed by atoms with Gasteiger partial charge in [-0.2, -0.15) is 5.10 Å². The van der Waals surface area contributed by atoms with E-state index >= 15 is 0 Å². The lowest BCUT2D eigenvalue weighted by Crippen LogP contribution is -2.24. The number of benzene rings is 2. The van der Waals surface area contributed by atoms with Gasteiger partial charge in [-0.05, 0) is 61.1 Å². The van der Waals surface area contributed by atoms with Crippen molar-refractivity contribution in [2.24, 2.45) is 5.10 Å². The fourth-order valence-corrected chi connectivity index (χ4v) is 6.57. The minimum absolute atomic E-state index is 0.0577. The van der Waals surface area contributed by atoms with Gasteiger partial charge in [0, 0.05) is 24.7 Å². The van der Waals surface area contributed by atoms with E-state index in [0.717, 1.165) is 52.8 Å². The van der Waals surface area contributed by atoms with Crippen molar-refractivity contribution in [3.63, 3.8) is 0 Å². The van der Waals surface area contributed by atoms with Gasteiger partial charge < -0.3 is 4.90 Å². The Balaban J connectivity index is 1.37. The topological polar surface area (TPSA) is 79.6 Å². The van der Waals surface area contributed by atoms with Crippen molar-refractivity contribution in [1.82, 2.24) is 15.0 Å². The molecule has 0 atom stereocenters. The molecule has 0 saturated carbocycles. The summed E-state index contributed by atoms with van der Waals surface area (Å²) >= 11 is 2.88. The number of anilines is 1. The largest absolute Gasteiger partial charge is 0.378 e. The Bertz CT molecular complexity index is 1490. The number of para-hydroxylation sites is 1. The molecule has 7 nitrogen and oxygen atoms in total. The van der Waals surface area contributed by atoms with E-state index in [0.29, 0.717) is 5.16 Å². The lowest BCUT2D eigenvalue weighted by atomic mass is 10.1. The minimum Gasteiger partial charge on any atom is -0.378 e. The lowest BCUT2D eigenvalue weighted by Gasteiger charge is -2.12. The number of nitrogens with one attached hydrogen (secondary N) is 1. The van der Waals surface area contributed by atoms with Crippen molar-refractivity contribution < 1.29 is 4.79 Å². The van der Waals surface area contributed by atoms with Crippen LogP contribution in [-0.4, -0.2) is 41.5 Å². The number of nitrogens with zero attached hydrogens (tertiary/aromatic N) is 4. The molecule has 0 saturated heterocycles. The molecule has 1 aliphatic carbocycles. The van der Waals surface area contributed by atoms with Crippen LogP contribution in [0.1, 0.15) is 35.3 Å². The van der Waals surface area contributed by atoms with Gasteiger partial charge in [0.25, 0.3) is 11.5 Å². The standard InChI is InChI=1S/C28H29N5O2S2/c1-32(2)20-15-13-19(14-16-20)17-29-31-24(34)18-36-28-30-26-25(22-11-7-4-8-12-23(22)37-26)27(35)33(28)21-9-5-3-6-10-21/h3,5-6,9-10,13-17H,4,7-8,11-12,18H2,1-2H3,(H,31,34)/b29-17+. The van der Waals surface area contributed by atoms with Crippen molar-refractivity contribution in [2.75, 3.05) is 24.7 Å². The van der Waals surface area contributed by atoms with Gasteiger partial charge in [-0.15, -0.1) is 11.3 Å². The number of hydrazone groups is 1. The monoisotopic (exact) mass is 531 g/mol.